The Morgan fingerprint density at radius 3 is 2.33 bits per heavy atom. The highest BCUT2D eigenvalue weighted by Gasteiger charge is 2.48. The molecular formula is C21H27FN4O5S2. The molecule has 0 radical (unpaired) electrons. The molecule has 1 amide bonds. The molecule has 1 unspecified atom stereocenters. The lowest BCUT2D eigenvalue weighted by atomic mass is 10.1. The molecule has 0 saturated carbocycles. The van der Waals surface area contributed by atoms with Crippen molar-refractivity contribution < 1.29 is 26.0 Å². The summed E-state index contributed by atoms with van der Waals surface area (Å²) in [7, 11) is -8.16. The third-order valence-electron chi connectivity index (χ3n) is 5.25. The zero-order valence-corrected chi connectivity index (χ0v) is 19.8. The molecule has 180 valence electrons. The van der Waals surface area contributed by atoms with Gasteiger partial charge in [-0.05, 0) is 41.8 Å². The summed E-state index contributed by atoms with van der Waals surface area (Å²) in [5.74, 6) is -1.60. The number of hydrogen-bond acceptors (Lipinski definition) is 6. The monoisotopic (exact) mass is 498 g/mol. The molecule has 33 heavy (non-hydrogen) atoms. The summed E-state index contributed by atoms with van der Waals surface area (Å²) in [4.78, 5) is 12.9. The minimum Gasteiger partial charge on any atom is -0.349 e. The average Bonchev–Trinajstić information content (AvgIpc) is 3.25. The minimum absolute atomic E-state index is 0.0648. The molecule has 1 atom stereocenters. The van der Waals surface area contributed by atoms with E-state index in [1.165, 1.54) is 0 Å². The number of sulfonamides is 2. The predicted octanol–water partition coefficient (Wildman–Crippen LogP) is 0.973. The summed E-state index contributed by atoms with van der Waals surface area (Å²) in [5.41, 5.74) is 7.23. The summed E-state index contributed by atoms with van der Waals surface area (Å²) >= 11 is 0. The van der Waals surface area contributed by atoms with Gasteiger partial charge in [0.2, 0.25) is 20.0 Å². The van der Waals surface area contributed by atoms with E-state index in [9.17, 15) is 26.0 Å². The number of carbonyl (C=O) groups is 1. The molecule has 0 aliphatic carbocycles. The lowest BCUT2D eigenvalue weighted by Crippen LogP contribution is -2.53. The zero-order chi connectivity index (χ0) is 24.2. The van der Waals surface area contributed by atoms with Gasteiger partial charge in [0.05, 0.1) is 10.6 Å². The average molecular weight is 499 g/mol. The molecule has 0 aromatic heterocycles. The first-order valence-corrected chi connectivity index (χ1v) is 13.5. The van der Waals surface area contributed by atoms with Crippen molar-refractivity contribution in [2.24, 2.45) is 5.73 Å². The lowest BCUT2D eigenvalue weighted by Gasteiger charge is -2.28. The molecule has 2 aromatic rings. The van der Waals surface area contributed by atoms with Crippen molar-refractivity contribution in [2.45, 2.75) is 37.5 Å². The van der Waals surface area contributed by atoms with Crippen molar-refractivity contribution in [3.05, 3.63) is 65.5 Å². The molecule has 0 bridgehead atoms. The van der Waals surface area contributed by atoms with Crippen molar-refractivity contribution in [3.63, 3.8) is 0 Å². The molecule has 1 aliphatic rings. The second-order valence-electron chi connectivity index (χ2n) is 7.61. The fourth-order valence-corrected chi connectivity index (χ4v) is 6.88. The van der Waals surface area contributed by atoms with E-state index in [4.69, 9.17) is 5.73 Å². The number of rotatable bonds is 9. The summed E-state index contributed by atoms with van der Waals surface area (Å²) < 4.78 is 67.2. The second-order valence-corrected chi connectivity index (χ2v) is 11.5. The number of nitrogens with two attached hydrogens (primary N) is 1. The van der Waals surface area contributed by atoms with Crippen molar-refractivity contribution in [3.8, 4) is 0 Å². The van der Waals surface area contributed by atoms with Gasteiger partial charge in [-0.1, -0.05) is 31.2 Å². The van der Waals surface area contributed by atoms with Crippen molar-refractivity contribution >= 4 is 26.0 Å². The van der Waals surface area contributed by atoms with Gasteiger partial charge in [0.25, 0.3) is 5.91 Å². The Morgan fingerprint density at radius 1 is 1.06 bits per heavy atom. The van der Waals surface area contributed by atoms with Gasteiger partial charge < -0.3 is 11.1 Å². The van der Waals surface area contributed by atoms with E-state index in [1.807, 2.05) is 6.07 Å². The van der Waals surface area contributed by atoms with Gasteiger partial charge in [-0.3, -0.25) is 4.79 Å². The molecule has 3 rings (SSSR count). The predicted molar refractivity (Wildman–Crippen MR) is 121 cm³/mol. The topological polar surface area (TPSA) is 130 Å². The van der Waals surface area contributed by atoms with Crippen LogP contribution in [0.1, 0.15) is 24.5 Å². The van der Waals surface area contributed by atoms with Crippen LogP contribution < -0.4 is 11.1 Å². The molecule has 1 heterocycles. The fraction of sp³-hybridized carbons (Fsp3) is 0.381. The van der Waals surface area contributed by atoms with Crippen LogP contribution in [0.2, 0.25) is 0 Å². The molecule has 3 N–H and O–H groups in total. The summed E-state index contributed by atoms with van der Waals surface area (Å²) in [6, 6.07) is 11.3. The van der Waals surface area contributed by atoms with Crippen molar-refractivity contribution in [1.82, 2.24) is 13.9 Å². The summed E-state index contributed by atoms with van der Waals surface area (Å²) in [6.45, 7) is 1.69. The van der Waals surface area contributed by atoms with E-state index >= 15 is 0 Å². The Morgan fingerprint density at radius 2 is 1.70 bits per heavy atom. The number of nitrogens with one attached hydrogen (secondary N) is 1. The second kappa shape index (κ2) is 10.3. The van der Waals surface area contributed by atoms with Crippen LogP contribution in [0, 0.1) is 5.82 Å². The fourth-order valence-electron chi connectivity index (χ4n) is 3.65. The van der Waals surface area contributed by atoms with Gasteiger partial charge in [0.1, 0.15) is 5.82 Å². The van der Waals surface area contributed by atoms with Gasteiger partial charge >= 0.3 is 0 Å². The van der Waals surface area contributed by atoms with Crippen LogP contribution in [0.15, 0.2) is 53.4 Å². The minimum atomic E-state index is -4.27. The SMILES string of the molecule is CCCS(=O)(=O)N1CCN(S(=O)(=O)c2ccc(F)cc2)C1C(=O)NCc1cccc(CN)c1. The van der Waals surface area contributed by atoms with Gasteiger partial charge in [-0.25, -0.2) is 21.2 Å². The number of amides is 1. The Kier molecular flexibility index (Phi) is 7.85. The third kappa shape index (κ3) is 5.58. The Bertz CT molecular complexity index is 1200. The number of hydrogen-bond donors (Lipinski definition) is 2. The molecule has 1 aliphatic heterocycles. The third-order valence-corrected chi connectivity index (χ3v) is 9.14. The number of benzene rings is 2. The van der Waals surface area contributed by atoms with E-state index in [0.29, 0.717) is 13.0 Å². The van der Waals surface area contributed by atoms with Crippen LogP contribution >= 0.6 is 0 Å². The van der Waals surface area contributed by atoms with Crippen molar-refractivity contribution in [2.75, 3.05) is 18.8 Å². The first kappa shape index (κ1) is 25.2. The number of halogens is 1. The standard InChI is InChI=1S/C21H27FN4O5S2/c1-2-12-32(28,29)25-10-11-26(33(30,31)19-8-6-18(22)7-9-19)21(25)20(27)24-15-17-5-3-4-16(13-17)14-23/h3-9,13,21H,2,10-12,14-15,23H2,1H3,(H,24,27). The Labute approximate surface area is 193 Å². The largest absolute Gasteiger partial charge is 0.349 e. The van der Waals surface area contributed by atoms with E-state index in [0.717, 1.165) is 44.0 Å². The smallest absolute Gasteiger partial charge is 0.254 e. The molecule has 1 fully saturated rings. The maximum absolute atomic E-state index is 13.3. The first-order valence-electron chi connectivity index (χ1n) is 10.4. The Balaban J connectivity index is 1.92. The van der Waals surface area contributed by atoms with Crippen molar-refractivity contribution in [1.29, 1.82) is 0 Å². The summed E-state index contributed by atoms with van der Waals surface area (Å²) in [6.07, 6.45) is -1.28. The van der Waals surface area contributed by atoms with Gasteiger partial charge in [-0.2, -0.15) is 8.61 Å². The highest BCUT2D eigenvalue weighted by molar-refractivity contribution is 7.90. The maximum atomic E-state index is 13.3. The van der Waals surface area contributed by atoms with E-state index in [2.05, 4.69) is 5.32 Å². The quantitative estimate of drug-likeness (QED) is 0.530. The highest BCUT2D eigenvalue weighted by Crippen LogP contribution is 2.27. The molecule has 2 aromatic carbocycles. The van der Waals surface area contributed by atoms with Gasteiger partial charge in [0.15, 0.2) is 6.17 Å². The summed E-state index contributed by atoms with van der Waals surface area (Å²) in [5, 5.41) is 2.65. The van der Waals surface area contributed by atoms with E-state index in [-0.39, 0.29) is 30.3 Å². The zero-order valence-electron chi connectivity index (χ0n) is 18.1. The van der Waals surface area contributed by atoms with Crippen LogP contribution in [0.5, 0.6) is 0 Å². The van der Waals surface area contributed by atoms with E-state index < -0.39 is 37.9 Å². The van der Waals surface area contributed by atoms with Crippen LogP contribution in [0.3, 0.4) is 0 Å². The van der Waals surface area contributed by atoms with Gasteiger partial charge in [-0.15, -0.1) is 0 Å². The maximum Gasteiger partial charge on any atom is 0.254 e. The number of nitrogens with zero attached hydrogens (tertiary/aromatic N) is 2. The van der Waals surface area contributed by atoms with Crippen LogP contribution in [0.25, 0.3) is 0 Å². The molecule has 12 heteroatoms. The Hall–Kier alpha value is -2.38. The van der Waals surface area contributed by atoms with E-state index in [1.54, 1.807) is 25.1 Å². The lowest BCUT2D eigenvalue weighted by molar-refractivity contribution is -0.126. The molecule has 1 saturated heterocycles. The van der Waals surface area contributed by atoms with Crippen LogP contribution in [0.4, 0.5) is 4.39 Å². The number of carbonyl (C=O) groups excluding carboxylic acids is 1. The molecule has 0 spiro atoms. The van der Waals surface area contributed by atoms with Crippen LogP contribution in [-0.4, -0.2) is 56.4 Å². The molecule has 9 nitrogen and oxygen atoms in total. The van der Waals surface area contributed by atoms with Gasteiger partial charge in [0, 0.05) is 26.2 Å². The highest BCUT2D eigenvalue weighted by atomic mass is 32.2. The normalized spacial score (nSPS) is 17.8. The van der Waals surface area contributed by atoms with Crippen LogP contribution in [-0.2, 0) is 37.9 Å². The first-order chi connectivity index (χ1) is 15.6. The molecular weight excluding hydrogens is 471 g/mol.